The first-order valence-electron chi connectivity index (χ1n) is 9.30. The number of rotatable bonds is 3. The van der Waals surface area contributed by atoms with Gasteiger partial charge >= 0.3 is 0 Å². The van der Waals surface area contributed by atoms with Crippen molar-refractivity contribution in [1.29, 1.82) is 0 Å². The summed E-state index contributed by atoms with van der Waals surface area (Å²) in [6.07, 6.45) is 3.51. The summed E-state index contributed by atoms with van der Waals surface area (Å²) in [5.74, 6) is -1.59. The van der Waals surface area contributed by atoms with E-state index in [1.165, 1.54) is 17.0 Å². The van der Waals surface area contributed by atoms with Gasteiger partial charge in [0.1, 0.15) is 11.6 Å². The zero-order valence-corrected chi connectivity index (χ0v) is 15.7. The summed E-state index contributed by atoms with van der Waals surface area (Å²) in [5, 5.41) is 1.01. The number of nitrogens with zero attached hydrogens (tertiary/aromatic N) is 2. The Morgan fingerprint density at radius 1 is 1.10 bits per heavy atom. The van der Waals surface area contributed by atoms with Crippen molar-refractivity contribution in [2.75, 3.05) is 0 Å². The summed E-state index contributed by atoms with van der Waals surface area (Å²) in [5.41, 5.74) is 4.24. The second-order valence-corrected chi connectivity index (χ2v) is 7.31. The van der Waals surface area contributed by atoms with Gasteiger partial charge in [0.05, 0.1) is 24.3 Å². The molecular weight excluding hydrogens is 372 g/mol. The van der Waals surface area contributed by atoms with E-state index in [-0.39, 0.29) is 24.6 Å². The summed E-state index contributed by atoms with van der Waals surface area (Å²) in [6.45, 7) is 2.09. The minimum Gasteiger partial charge on any atom is -0.361 e. The summed E-state index contributed by atoms with van der Waals surface area (Å²) < 4.78 is 29.7. The third-order valence-corrected chi connectivity index (χ3v) is 5.46. The number of aryl methyl sites for hydroxylation is 1. The number of carbonyl (C=O) groups is 1. The second-order valence-electron chi connectivity index (χ2n) is 7.31. The Balaban J connectivity index is 1.47. The molecule has 0 atom stereocenters. The molecule has 5 rings (SSSR count). The Morgan fingerprint density at radius 2 is 1.90 bits per heavy atom. The van der Waals surface area contributed by atoms with Crippen LogP contribution < -0.4 is 0 Å². The SMILES string of the molecule is Cc1c[nH]c2ccc(-c3cc(F)c(CN4Cc5ncccc5C4=O)c(F)c3)cc12. The monoisotopic (exact) mass is 389 g/mol. The number of pyridine rings is 1. The zero-order valence-electron chi connectivity index (χ0n) is 15.7. The molecule has 1 aliphatic heterocycles. The van der Waals surface area contributed by atoms with Crippen LogP contribution in [0.15, 0.2) is 54.9 Å². The van der Waals surface area contributed by atoms with Crippen molar-refractivity contribution < 1.29 is 13.6 Å². The second kappa shape index (κ2) is 6.51. The molecule has 4 nitrogen and oxygen atoms in total. The van der Waals surface area contributed by atoms with Crippen LogP contribution in [0.2, 0.25) is 0 Å². The fraction of sp³-hybridized carbons (Fsp3) is 0.130. The molecule has 29 heavy (non-hydrogen) atoms. The average molecular weight is 389 g/mol. The fourth-order valence-electron chi connectivity index (χ4n) is 3.86. The number of aromatic amines is 1. The first-order chi connectivity index (χ1) is 14.0. The van der Waals surface area contributed by atoms with E-state index in [9.17, 15) is 13.6 Å². The molecule has 0 aliphatic carbocycles. The molecule has 6 heteroatoms. The van der Waals surface area contributed by atoms with Crippen molar-refractivity contribution >= 4 is 16.8 Å². The highest BCUT2D eigenvalue weighted by molar-refractivity contribution is 5.97. The van der Waals surface area contributed by atoms with E-state index in [0.29, 0.717) is 16.8 Å². The molecule has 4 aromatic rings. The molecule has 0 saturated heterocycles. The number of nitrogens with one attached hydrogen (secondary N) is 1. The molecule has 0 radical (unpaired) electrons. The summed E-state index contributed by atoms with van der Waals surface area (Å²) in [7, 11) is 0. The zero-order chi connectivity index (χ0) is 20.1. The lowest BCUT2D eigenvalue weighted by Gasteiger charge is -2.17. The molecule has 1 N–H and O–H groups in total. The van der Waals surface area contributed by atoms with Crippen molar-refractivity contribution in [2.45, 2.75) is 20.0 Å². The molecular formula is C23H17F2N3O. The quantitative estimate of drug-likeness (QED) is 0.538. The minimum atomic E-state index is -0.664. The van der Waals surface area contributed by atoms with Crippen LogP contribution in [0.5, 0.6) is 0 Å². The van der Waals surface area contributed by atoms with Crippen molar-refractivity contribution in [1.82, 2.24) is 14.9 Å². The maximum atomic E-state index is 14.8. The normalized spacial score (nSPS) is 13.3. The molecule has 1 aliphatic rings. The van der Waals surface area contributed by atoms with Crippen molar-refractivity contribution in [3.05, 3.63) is 88.9 Å². The van der Waals surface area contributed by atoms with Crippen molar-refractivity contribution in [3.8, 4) is 11.1 Å². The van der Waals surface area contributed by atoms with Gasteiger partial charge in [-0.05, 0) is 60.0 Å². The molecule has 2 aromatic carbocycles. The Hall–Kier alpha value is -3.54. The van der Waals surface area contributed by atoms with Gasteiger partial charge in [-0.2, -0.15) is 0 Å². The number of H-pyrrole nitrogens is 1. The number of hydrogen-bond donors (Lipinski definition) is 1. The van der Waals surface area contributed by atoms with E-state index in [1.54, 1.807) is 18.3 Å². The van der Waals surface area contributed by atoms with Gasteiger partial charge in [0.2, 0.25) is 0 Å². The average Bonchev–Trinajstić information content (AvgIpc) is 3.24. The van der Waals surface area contributed by atoms with E-state index in [0.717, 1.165) is 22.0 Å². The molecule has 144 valence electrons. The predicted molar refractivity (Wildman–Crippen MR) is 106 cm³/mol. The van der Waals surface area contributed by atoms with Gasteiger partial charge in [-0.3, -0.25) is 9.78 Å². The van der Waals surface area contributed by atoms with Crippen LogP contribution in [0.4, 0.5) is 8.78 Å². The number of benzene rings is 2. The molecule has 0 saturated carbocycles. The largest absolute Gasteiger partial charge is 0.361 e. The highest BCUT2D eigenvalue weighted by Crippen LogP contribution is 2.30. The number of hydrogen-bond acceptors (Lipinski definition) is 2. The Labute approximate surface area is 165 Å². The van der Waals surface area contributed by atoms with E-state index in [1.807, 2.05) is 31.3 Å². The molecule has 3 heterocycles. The molecule has 0 unspecified atom stereocenters. The molecule has 0 bridgehead atoms. The predicted octanol–water partition coefficient (Wildman–Crippen LogP) is 4.97. The van der Waals surface area contributed by atoms with Gasteiger partial charge in [0.15, 0.2) is 0 Å². The summed E-state index contributed by atoms with van der Waals surface area (Å²) >= 11 is 0. The van der Waals surface area contributed by atoms with Gasteiger partial charge in [-0.15, -0.1) is 0 Å². The maximum Gasteiger partial charge on any atom is 0.256 e. The van der Waals surface area contributed by atoms with Crippen LogP contribution in [0.3, 0.4) is 0 Å². The van der Waals surface area contributed by atoms with Gasteiger partial charge < -0.3 is 9.88 Å². The minimum absolute atomic E-state index is 0.117. The van der Waals surface area contributed by atoms with Crippen LogP contribution in [-0.2, 0) is 13.1 Å². The lowest BCUT2D eigenvalue weighted by molar-refractivity contribution is 0.0763. The number of carbonyl (C=O) groups excluding carboxylic acids is 1. The Morgan fingerprint density at radius 3 is 2.66 bits per heavy atom. The van der Waals surface area contributed by atoms with Gasteiger partial charge in [0, 0.05) is 28.9 Å². The van der Waals surface area contributed by atoms with Crippen molar-refractivity contribution in [3.63, 3.8) is 0 Å². The van der Waals surface area contributed by atoms with E-state index >= 15 is 0 Å². The highest BCUT2D eigenvalue weighted by atomic mass is 19.1. The van der Waals surface area contributed by atoms with Gasteiger partial charge in [-0.25, -0.2) is 8.78 Å². The van der Waals surface area contributed by atoms with Crippen LogP contribution in [0, 0.1) is 18.6 Å². The number of halogens is 2. The van der Waals surface area contributed by atoms with Crippen LogP contribution >= 0.6 is 0 Å². The van der Waals surface area contributed by atoms with Crippen LogP contribution in [-0.4, -0.2) is 20.8 Å². The third kappa shape index (κ3) is 2.88. The standard InChI is InChI=1S/C23H17F2N3O/c1-13-10-27-21-5-4-14(7-17(13)21)15-8-19(24)18(20(25)9-15)11-28-12-22-16(23(28)29)3-2-6-26-22/h2-10,27H,11-12H2,1H3. The van der Waals surface area contributed by atoms with Gasteiger partial charge in [-0.1, -0.05) is 6.07 Å². The number of amides is 1. The van der Waals surface area contributed by atoms with Crippen LogP contribution in [0.1, 0.15) is 27.2 Å². The first-order valence-corrected chi connectivity index (χ1v) is 9.30. The fourth-order valence-corrected chi connectivity index (χ4v) is 3.86. The van der Waals surface area contributed by atoms with Crippen LogP contribution in [0.25, 0.3) is 22.0 Å². The third-order valence-electron chi connectivity index (χ3n) is 5.46. The summed E-state index contributed by atoms with van der Waals surface area (Å²) in [6, 6.07) is 11.7. The maximum absolute atomic E-state index is 14.8. The topological polar surface area (TPSA) is 49.0 Å². The number of fused-ring (bicyclic) bond motifs is 2. The van der Waals surface area contributed by atoms with Crippen molar-refractivity contribution in [2.24, 2.45) is 0 Å². The highest BCUT2D eigenvalue weighted by Gasteiger charge is 2.29. The Bertz CT molecular complexity index is 1260. The molecule has 0 fully saturated rings. The molecule has 1 amide bonds. The molecule has 2 aromatic heterocycles. The number of aromatic nitrogens is 2. The lowest BCUT2D eigenvalue weighted by atomic mass is 10.0. The Kier molecular flexibility index (Phi) is 3.94. The summed E-state index contributed by atoms with van der Waals surface area (Å²) in [4.78, 5) is 21.2. The first kappa shape index (κ1) is 17.6. The smallest absolute Gasteiger partial charge is 0.256 e. The van der Waals surface area contributed by atoms with E-state index in [2.05, 4.69) is 9.97 Å². The van der Waals surface area contributed by atoms with E-state index in [4.69, 9.17) is 0 Å². The van der Waals surface area contributed by atoms with E-state index < -0.39 is 11.6 Å². The van der Waals surface area contributed by atoms with Gasteiger partial charge in [0.25, 0.3) is 5.91 Å². The molecule has 0 spiro atoms. The lowest BCUT2D eigenvalue weighted by Crippen LogP contribution is -2.24.